The van der Waals surface area contributed by atoms with Gasteiger partial charge in [-0.2, -0.15) is 0 Å². The van der Waals surface area contributed by atoms with E-state index in [4.69, 9.17) is 4.63 Å². The molecule has 0 fully saturated rings. The molecule has 0 aliphatic carbocycles. The highest BCUT2D eigenvalue weighted by Gasteiger charge is 2.12. The molecule has 0 aromatic carbocycles. The second-order valence-electron chi connectivity index (χ2n) is 4.39. The van der Waals surface area contributed by atoms with Gasteiger partial charge in [-0.1, -0.05) is 17.2 Å². The molecule has 7 nitrogen and oxygen atoms in total. The predicted octanol–water partition coefficient (Wildman–Crippen LogP) is 1.64. The highest BCUT2D eigenvalue weighted by atomic mass is 16.6. The fraction of sp³-hybridized carbons (Fsp3) is 0.308. The standard InChI is InChI=1S/C13H14N6O/c1-3-12-14-5-4-10(16-12)13-15-6-7-19(13)8-11-9(2)17-20-18-11/h4-7H,3,8H2,1-2H3. The van der Waals surface area contributed by atoms with Gasteiger partial charge < -0.3 is 4.57 Å². The molecule has 0 saturated heterocycles. The molecule has 0 aliphatic heterocycles. The number of aryl methyl sites for hydroxylation is 2. The third kappa shape index (κ3) is 2.29. The van der Waals surface area contributed by atoms with Gasteiger partial charge in [-0.05, 0) is 13.0 Å². The third-order valence-corrected chi connectivity index (χ3v) is 3.03. The van der Waals surface area contributed by atoms with Crippen molar-refractivity contribution in [3.05, 3.63) is 41.9 Å². The van der Waals surface area contributed by atoms with Crippen molar-refractivity contribution in [2.75, 3.05) is 0 Å². The summed E-state index contributed by atoms with van der Waals surface area (Å²) in [5.41, 5.74) is 2.37. The van der Waals surface area contributed by atoms with Crippen LogP contribution < -0.4 is 0 Å². The fourth-order valence-corrected chi connectivity index (χ4v) is 1.92. The van der Waals surface area contributed by atoms with Gasteiger partial charge in [-0.3, -0.25) is 0 Å². The van der Waals surface area contributed by atoms with Crippen LogP contribution in [0.25, 0.3) is 11.5 Å². The summed E-state index contributed by atoms with van der Waals surface area (Å²) in [5.74, 6) is 1.58. The highest BCUT2D eigenvalue weighted by molar-refractivity contribution is 5.49. The summed E-state index contributed by atoms with van der Waals surface area (Å²) in [6.07, 6.45) is 6.17. The minimum absolute atomic E-state index is 0.552. The van der Waals surface area contributed by atoms with Crippen molar-refractivity contribution in [2.24, 2.45) is 0 Å². The smallest absolute Gasteiger partial charge is 0.159 e. The molecule has 0 atom stereocenters. The van der Waals surface area contributed by atoms with Crippen LogP contribution in [-0.2, 0) is 13.0 Å². The molecule has 20 heavy (non-hydrogen) atoms. The Morgan fingerprint density at radius 2 is 2.10 bits per heavy atom. The molecule has 3 aromatic heterocycles. The number of hydrogen-bond donors (Lipinski definition) is 0. The molecule has 3 aromatic rings. The van der Waals surface area contributed by atoms with Crippen LogP contribution in [0.2, 0.25) is 0 Å². The molecule has 0 bridgehead atoms. The van der Waals surface area contributed by atoms with Crippen LogP contribution in [0, 0.1) is 6.92 Å². The molecular weight excluding hydrogens is 256 g/mol. The lowest BCUT2D eigenvalue weighted by molar-refractivity contribution is 0.300. The largest absolute Gasteiger partial charge is 0.323 e. The Bertz CT molecular complexity index is 717. The maximum Gasteiger partial charge on any atom is 0.159 e. The molecule has 7 heteroatoms. The molecule has 3 rings (SSSR count). The number of aromatic nitrogens is 6. The van der Waals surface area contributed by atoms with E-state index in [0.717, 1.165) is 35.2 Å². The van der Waals surface area contributed by atoms with Crippen LogP contribution in [0.1, 0.15) is 24.1 Å². The van der Waals surface area contributed by atoms with E-state index in [2.05, 4.69) is 25.3 Å². The average Bonchev–Trinajstić information content (AvgIpc) is 3.09. The fourth-order valence-electron chi connectivity index (χ4n) is 1.92. The van der Waals surface area contributed by atoms with Crippen LogP contribution in [0.15, 0.2) is 29.3 Å². The highest BCUT2D eigenvalue weighted by Crippen LogP contribution is 2.16. The van der Waals surface area contributed by atoms with E-state index in [9.17, 15) is 0 Å². The van der Waals surface area contributed by atoms with Gasteiger partial charge >= 0.3 is 0 Å². The van der Waals surface area contributed by atoms with E-state index in [1.54, 1.807) is 12.4 Å². The van der Waals surface area contributed by atoms with E-state index in [1.165, 1.54) is 0 Å². The monoisotopic (exact) mass is 270 g/mol. The lowest BCUT2D eigenvalue weighted by Gasteiger charge is -2.06. The zero-order valence-electron chi connectivity index (χ0n) is 11.3. The van der Waals surface area contributed by atoms with Crippen LogP contribution in [0.3, 0.4) is 0 Å². The van der Waals surface area contributed by atoms with E-state index < -0.39 is 0 Å². The minimum atomic E-state index is 0.552. The molecule has 0 spiro atoms. The Hall–Kier alpha value is -2.57. The van der Waals surface area contributed by atoms with Crippen molar-refractivity contribution in [3.8, 4) is 11.5 Å². The zero-order chi connectivity index (χ0) is 13.9. The minimum Gasteiger partial charge on any atom is -0.323 e. The lowest BCUT2D eigenvalue weighted by atomic mass is 10.3. The zero-order valence-corrected chi connectivity index (χ0v) is 11.3. The summed E-state index contributed by atoms with van der Waals surface area (Å²) < 4.78 is 6.68. The number of hydrogen-bond acceptors (Lipinski definition) is 6. The Labute approximate surface area is 115 Å². The first-order valence-corrected chi connectivity index (χ1v) is 6.39. The third-order valence-electron chi connectivity index (χ3n) is 3.03. The molecule has 0 amide bonds. The van der Waals surface area contributed by atoms with Crippen molar-refractivity contribution >= 4 is 0 Å². The van der Waals surface area contributed by atoms with Crippen molar-refractivity contribution in [3.63, 3.8) is 0 Å². The molecule has 0 unspecified atom stereocenters. The van der Waals surface area contributed by atoms with E-state index in [0.29, 0.717) is 6.54 Å². The molecule has 102 valence electrons. The van der Waals surface area contributed by atoms with Crippen molar-refractivity contribution < 1.29 is 4.63 Å². The second-order valence-corrected chi connectivity index (χ2v) is 4.39. The molecular formula is C13H14N6O. The van der Waals surface area contributed by atoms with Crippen molar-refractivity contribution in [1.82, 2.24) is 29.8 Å². The Morgan fingerprint density at radius 1 is 1.20 bits per heavy atom. The predicted molar refractivity (Wildman–Crippen MR) is 70.8 cm³/mol. The lowest BCUT2D eigenvalue weighted by Crippen LogP contribution is -2.04. The summed E-state index contributed by atoms with van der Waals surface area (Å²) in [7, 11) is 0. The Balaban J connectivity index is 1.95. The van der Waals surface area contributed by atoms with Gasteiger partial charge in [-0.25, -0.2) is 19.6 Å². The van der Waals surface area contributed by atoms with E-state index in [-0.39, 0.29) is 0 Å². The van der Waals surface area contributed by atoms with Crippen molar-refractivity contribution in [2.45, 2.75) is 26.8 Å². The first-order chi connectivity index (χ1) is 9.78. The van der Waals surface area contributed by atoms with Gasteiger partial charge in [0.25, 0.3) is 0 Å². The number of imidazole rings is 1. The molecule has 0 saturated carbocycles. The summed E-state index contributed by atoms with van der Waals surface area (Å²) >= 11 is 0. The first kappa shape index (κ1) is 12.5. The van der Waals surface area contributed by atoms with Gasteiger partial charge in [0.2, 0.25) is 0 Å². The maximum atomic E-state index is 4.72. The molecule has 0 radical (unpaired) electrons. The second kappa shape index (κ2) is 5.20. The molecule has 3 heterocycles. The summed E-state index contributed by atoms with van der Waals surface area (Å²) in [6, 6.07) is 1.85. The quantitative estimate of drug-likeness (QED) is 0.716. The van der Waals surface area contributed by atoms with Crippen LogP contribution in [0.5, 0.6) is 0 Å². The Kier molecular flexibility index (Phi) is 3.24. The van der Waals surface area contributed by atoms with Crippen LogP contribution >= 0.6 is 0 Å². The van der Waals surface area contributed by atoms with Gasteiger partial charge in [0.1, 0.15) is 22.9 Å². The maximum absolute atomic E-state index is 4.72. The van der Waals surface area contributed by atoms with Gasteiger partial charge in [0.15, 0.2) is 5.82 Å². The summed E-state index contributed by atoms with van der Waals surface area (Å²) in [4.78, 5) is 13.1. The van der Waals surface area contributed by atoms with Gasteiger partial charge in [0, 0.05) is 25.0 Å². The first-order valence-electron chi connectivity index (χ1n) is 6.39. The van der Waals surface area contributed by atoms with Gasteiger partial charge in [0.05, 0.1) is 6.54 Å². The van der Waals surface area contributed by atoms with E-state index >= 15 is 0 Å². The SMILES string of the molecule is CCc1nccc(-c2nccn2Cc2nonc2C)n1. The van der Waals surface area contributed by atoms with Crippen LogP contribution in [0.4, 0.5) is 0 Å². The number of nitrogens with zero attached hydrogens (tertiary/aromatic N) is 6. The van der Waals surface area contributed by atoms with E-state index in [1.807, 2.05) is 30.7 Å². The van der Waals surface area contributed by atoms with Crippen LogP contribution in [-0.4, -0.2) is 29.8 Å². The molecule has 0 N–H and O–H groups in total. The number of rotatable bonds is 4. The average molecular weight is 270 g/mol. The Morgan fingerprint density at radius 3 is 2.85 bits per heavy atom. The molecule has 0 aliphatic rings. The topological polar surface area (TPSA) is 82.5 Å². The summed E-state index contributed by atoms with van der Waals surface area (Å²) in [5, 5.41) is 7.67. The summed E-state index contributed by atoms with van der Waals surface area (Å²) in [6.45, 7) is 4.44. The van der Waals surface area contributed by atoms with Gasteiger partial charge in [-0.15, -0.1) is 0 Å². The normalized spacial score (nSPS) is 10.9. The van der Waals surface area contributed by atoms with Crippen molar-refractivity contribution in [1.29, 1.82) is 0 Å².